The molecule has 1 aromatic rings. The molecule has 0 spiro atoms. The second-order valence-electron chi connectivity index (χ2n) is 7.56. The smallest absolute Gasteiger partial charge is 0.123 e. The van der Waals surface area contributed by atoms with Crippen molar-refractivity contribution < 1.29 is 9.84 Å². The number of β-amino-alcohol motifs (C(OH)–C–C–N with tert-alkyl or cyclic N) is 1. The summed E-state index contributed by atoms with van der Waals surface area (Å²) in [6.07, 6.45) is 3.63. The zero-order valence-electron chi connectivity index (χ0n) is 16.4. The minimum atomic E-state index is -0.437. The van der Waals surface area contributed by atoms with Gasteiger partial charge in [-0.2, -0.15) is 11.8 Å². The zero-order valence-corrected chi connectivity index (χ0v) is 17.3. The summed E-state index contributed by atoms with van der Waals surface area (Å²) in [6.45, 7) is 8.62. The third-order valence-corrected chi connectivity index (χ3v) is 6.29. The van der Waals surface area contributed by atoms with Gasteiger partial charge in [0.15, 0.2) is 0 Å². The van der Waals surface area contributed by atoms with E-state index in [1.54, 1.807) is 0 Å². The van der Waals surface area contributed by atoms with Crippen molar-refractivity contribution in [2.24, 2.45) is 0 Å². The molecule has 2 fully saturated rings. The van der Waals surface area contributed by atoms with Crippen LogP contribution in [0, 0.1) is 0 Å². The van der Waals surface area contributed by atoms with E-state index in [4.69, 9.17) is 4.74 Å². The molecule has 1 unspecified atom stereocenters. The summed E-state index contributed by atoms with van der Waals surface area (Å²) in [7, 11) is 0. The summed E-state index contributed by atoms with van der Waals surface area (Å²) in [6, 6.07) is 8.17. The zero-order chi connectivity index (χ0) is 18.7. The van der Waals surface area contributed by atoms with Crippen molar-refractivity contribution in [2.75, 3.05) is 63.9 Å². The number of ether oxygens (including phenoxy) is 1. The quantitative estimate of drug-likeness (QED) is 0.594. The molecule has 2 aliphatic heterocycles. The van der Waals surface area contributed by atoms with E-state index >= 15 is 0 Å². The minimum absolute atomic E-state index is 0.356. The van der Waals surface area contributed by atoms with Gasteiger partial charge in [0.25, 0.3) is 0 Å². The van der Waals surface area contributed by atoms with Gasteiger partial charge in [-0.1, -0.05) is 24.6 Å². The van der Waals surface area contributed by atoms with Crippen LogP contribution < -0.4 is 10.1 Å². The Kier molecular flexibility index (Phi) is 9.24. The fourth-order valence-corrected chi connectivity index (χ4v) is 4.73. The Morgan fingerprint density at radius 3 is 2.63 bits per heavy atom. The van der Waals surface area contributed by atoms with Gasteiger partial charge >= 0.3 is 0 Å². The lowest BCUT2D eigenvalue weighted by Crippen LogP contribution is -2.40. The monoisotopic (exact) mass is 393 g/mol. The van der Waals surface area contributed by atoms with Crippen molar-refractivity contribution in [3.05, 3.63) is 29.8 Å². The minimum Gasteiger partial charge on any atom is -0.491 e. The molecule has 27 heavy (non-hydrogen) atoms. The fraction of sp³-hybridized carbons (Fsp3) is 0.714. The number of nitrogens with zero attached hydrogens (tertiary/aromatic N) is 2. The summed E-state index contributed by atoms with van der Waals surface area (Å²) < 4.78 is 5.96. The molecular weight excluding hydrogens is 358 g/mol. The molecule has 2 saturated heterocycles. The predicted molar refractivity (Wildman–Crippen MR) is 114 cm³/mol. The van der Waals surface area contributed by atoms with Crippen LogP contribution in [-0.2, 0) is 6.54 Å². The van der Waals surface area contributed by atoms with Crippen LogP contribution in [0.4, 0.5) is 0 Å². The summed E-state index contributed by atoms with van der Waals surface area (Å²) in [4.78, 5) is 4.88. The number of aliphatic hydroxyl groups excluding tert-OH is 1. The van der Waals surface area contributed by atoms with Crippen molar-refractivity contribution in [3.63, 3.8) is 0 Å². The SMILES string of the molecule is OC(COc1ccccc1CNCCN1CCCCC1)CN1CCSCC1. The maximum atomic E-state index is 10.3. The number of likely N-dealkylation sites (tertiary alicyclic amines) is 1. The Labute approximate surface area is 168 Å². The van der Waals surface area contributed by atoms with Crippen LogP contribution in [0.2, 0.25) is 0 Å². The number of hydrogen-bond donors (Lipinski definition) is 2. The Morgan fingerprint density at radius 2 is 1.81 bits per heavy atom. The molecule has 0 amide bonds. The van der Waals surface area contributed by atoms with Crippen molar-refractivity contribution in [3.8, 4) is 5.75 Å². The lowest BCUT2D eigenvalue weighted by atomic mass is 10.1. The molecule has 0 aromatic heterocycles. The molecule has 0 radical (unpaired) electrons. The molecule has 2 aliphatic rings. The van der Waals surface area contributed by atoms with Gasteiger partial charge in [0.1, 0.15) is 18.5 Å². The highest BCUT2D eigenvalue weighted by Crippen LogP contribution is 2.18. The van der Waals surface area contributed by atoms with Gasteiger partial charge in [0.05, 0.1) is 0 Å². The molecule has 1 atom stereocenters. The van der Waals surface area contributed by atoms with Crippen LogP contribution in [0.1, 0.15) is 24.8 Å². The van der Waals surface area contributed by atoms with Gasteiger partial charge in [-0.3, -0.25) is 4.90 Å². The maximum Gasteiger partial charge on any atom is 0.123 e. The molecule has 2 heterocycles. The number of aliphatic hydroxyl groups is 1. The second kappa shape index (κ2) is 11.9. The average molecular weight is 394 g/mol. The van der Waals surface area contributed by atoms with Crippen LogP contribution in [0.15, 0.2) is 24.3 Å². The summed E-state index contributed by atoms with van der Waals surface area (Å²) in [5.41, 5.74) is 1.16. The van der Waals surface area contributed by atoms with E-state index in [0.29, 0.717) is 13.2 Å². The van der Waals surface area contributed by atoms with E-state index in [1.165, 1.54) is 43.9 Å². The first-order valence-electron chi connectivity index (χ1n) is 10.4. The Morgan fingerprint density at radius 1 is 1.04 bits per heavy atom. The van der Waals surface area contributed by atoms with E-state index in [9.17, 15) is 5.11 Å². The van der Waals surface area contributed by atoms with Crippen molar-refractivity contribution in [1.82, 2.24) is 15.1 Å². The number of nitrogens with one attached hydrogen (secondary N) is 1. The van der Waals surface area contributed by atoms with Gasteiger partial charge in [0.2, 0.25) is 0 Å². The highest BCUT2D eigenvalue weighted by Gasteiger charge is 2.16. The van der Waals surface area contributed by atoms with E-state index in [-0.39, 0.29) is 0 Å². The standard InChI is InChI=1S/C21H35N3O2S/c25-20(17-24-12-14-27-15-13-24)18-26-21-7-3-2-6-19(21)16-22-8-11-23-9-4-1-5-10-23/h2-3,6-7,20,22,25H,1,4-5,8-18H2. The molecule has 6 heteroatoms. The van der Waals surface area contributed by atoms with Crippen molar-refractivity contribution >= 4 is 11.8 Å². The van der Waals surface area contributed by atoms with E-state index in [2.05, 4.69) is 27.2 Å². The Balaban J connectivity index is 1.37. The Bertz CT molecular complexity index is 534. The number of piperidine rings is 1. The molecule has 152 valence electrons. The molecule has 1 aromatic carbocycles. The number of benzene rings is 1. The molecule has 0 aliphatic carbocycles. The highest BCUT2D eigenvalue weighted by atomic mass is 32.2. The molecule has 0 bridgehead atoms. The topological polar surface area (TPSA) is 48.0 Å². The van der Waals surface area contributed by atoms with Gasteiger partial charge in [-0.25, -0.2) is 0 Å². The summed E-state index contributed by atoms with van der Waals surface area (Å²) in [5.74, 6) is 3.22. The van der Waals surface area contributed by atoms with Crippen LogP contribution in [0.25, 0.3) is 0 Å². The molecule has 0 saturated carbocycles. The van der Waals surface area contributed by atoms with Crippen LogP contribution in [0.5, 0.6) is 5.75 Å². The van der Waals surface area contributed by atoms with E-state index in [0.717, 1.165) is 44.0 Å². The molecule has 2 N–H and O–H groups in total. The number of rotatable bonds is 10. The highest BCUT2D eigenvalue weighted by molar-refractivity contribution is 7.99. The first-order chi connectivity index (χ1) is 13.3. The van der Waals surface area contributed by atoms with Crippen LogP contribution in [0.3, 0.4) is 0 Å². The predicted octanol–water partition coefficient (Wildman–Crippen LogP) is 2.05. The maximum absolute atomic E-state index is 10.3. The summed E-state index contributed by atoms with van der Waals surface area (Å²) >= 11 is 1.99. The van der Waals surface area contributed by atoms with E-state index < -0.39 is 6.10 Å². The third kappa shape index (κ3) is 7.62. The number of hydrogen-bond acceptors (Lipinski definition) is 6. The molecule has 5 nitrogen and oxygen atoms in total. The van der Waals surface area contributed by atoms with Gasteiger partial charge in [-0.15, -0.1) is 0 Å². The fourth-order valence-electron chi connectivity index (χ4n) is 3.75. The van der Waals surface area contributed by atoms with Crippen LogP contribution >= 0.6 is 11.8 Å². The first-order valence-corrected chi connectivity index (χ1v) is 11.6. The van der Waals surface area contributed by atoms with Gasteiger partial charge in [-0.05, 0) is 32.0 Å². The molecular formula is C21H35N3O2S. The lowest BCUT2D eigenvalue weighted by Gasteiger charge is -2.28. The third-order valence-electron chi connectivity index (χ3n) is 5.35. The lowest BCUT2D eigenvalue weighted by molar-refractivity contribution is 0.0711. The molecule has 3 rings (SSSR count). The van der Waals surface area contributed by atoms with Gasteiger partial charge in [0, 0.05) is 56.3 Å². The first kappa shape index (κ1) is 20.9. The number of thioether (sulfide) groups is 1. The van der Waals surface area contributed by atoms with Gasteiger partial charge < -0.3 is 20.1 Å². The normalized spacial score (nSPS) is 20.5. The van der Waals surface area contributed by atoms with Crippen LogP contribution in [-0.4, -0.2) is 84.9 Å². The summed E-state index contributed by atoms with van der Waals surface area (Å²) in [5, 5.41) is 13.9. The average Bonchev–Trinajstić information content (AvgIpc) is 2.72. The van der Waals surface area contributed by atoms with Crippen molar-refractivity contribution in [2.45, 2.75) is 31.9 Å². The largest absolute Gasteiger partial charge is 0.491 e. The van der Waals surface area contributed by atoms with Crippen molar-refractivity contribution in [1.29, 1.82) is 0 Å². The number of para-hydroxylation sites is 1. The Hall–Kier alpha value is -0.790. The second-order valence-corrected chi connectivity index (χ2v) is 8.79. The van der Waals surface area contributed by atoms with E-state index in [1.807, 2.05) is 23.9 Å².